The molecule has 0 aliphatic heterocycles. The van der Waals surface area contributed by atoms with Gasteiger partial charge in [0.05, 0.1) is 24.0 Å². The lowest BCUT2D eigenvalue weighted by atomic mass is 10.0. The summed E-state index contributed by atoms with van der Waals surface area (Å²) in [5.41, 5.74) is 3.42. The van der Waals surface area contributed by atoms with Crippen LogP contribution in [0.15, 0.2) is 30.3 Å². The van der Waals surface area contributed by atoms with Gasteiger partial charge in [0.15, 0.2) is 0 Å². The Balaban J connectivity index is 2.38. The quantitative estimate of drug-likeness (QED) is 0.850. The van der Waals surface area contributed by atoms with Crippen LogP contribution in [-0.2, 0) is 13.5 Å². The van der Waals surface area contributed by atoms with Crippen molar-refractivity contribution in [2.24, 2.45) is 7.05 Å². The van der Waals surface area contributed by atoms with Crippen LogP contribution in [0, 0.1) is 0 Å². The van der Waals surface area contributed by atoms with Crippen LogP contribution in [-0.4, -0.2) is 23.4 Å². The normalized spacial score (nSPS) is 12.4. The second kappa shape index (κ2) is 7.27. The van der Waals surface area contributed by atoms with Crippen LogP contribution < -0.4 is 10.1 Å². The summed E-state index contributed by atoms with van der Waals surface area (Å²) in [5, 5.41) is 7.94. The maximum atomic E-state index is 5.89. The largest absolute Gasteiger partial charge is 0.493 e. The first kappa shape index (κ1) is 15.6. The van der Waals surface area contributed by atoms with Gasteiger partial charge in [-0.2, -0.15) is 5.10 Å². The number of rotatable bonds is 7. The van der Waals surface area contributed by atoms with Crippen LogP contribution >= 0.6 is 0 Å². The molecular weight excluding hydrogens is 262 g/mol. The SMILES string of the molecule is CCCOc1ccccc1C(NC)c1cc(CC)nn1C. The smallest absolute Gasteiger partial charge is 0.124 e. The number of hydrogen-bond donors (Lipinski definition) is 1. The molecule has 4 nitrogen and oxygen atoms in total. The number of hydrogen-bond acceptors (Lipinski definition) is 3. The van der Waals surface area contributed by atoms with E-state index >= 15 is 0 Å². The van der Waals surface area contributed by atoms with Gasteiger partial charge in [-0.25, -0.2) is 0 Å². The lowest BCUT2D eigenvalue weighted by Crippen LogP contribution is -2.21. The van der Waals surface area contributed by atoms with E-state index in [0.717, 1.165) is 42.1 Å². The number of ether oxygens (including phenoxy) is 1. The summed E-state index contributed by atoms with van der Waals surface area (Å²) in [5.74, 6) is 0.943. The highest BCUT2D eigenvalue weighted by Gasteiger charge is 2.20. The Morgan fingerprint density at radius 1 is 1.29 bits per heavy atom. The van der Waals surface area contributed by atoms with E-state index in [2.05, 4.69) is 42.5 Å². The fourth-order valence-electron chi connectivity index (χ4n) is 2.51. The summed E-state index contributed by atoms with van der Waals surface area (Å²) < 4.78 is 7.85. The third-order valence-electron chi connectivity index (χ3n) is 3.60. The third kappa shape index (κ3) is 3.45. The standard InChI is InChI=1S/C17H25N3O/c1-5-11-21-16-10-8-7-9-14(16)17(18-3)15-12-13(6-2)19-20(15)4/h7-10,12,17-18H,5-6,11H2,1-4H3. The molecule has 0 fully saturated rings. The molecule has 0 aliphatic carbocycles. The Bertz CT molecular complexity index is 577. The van der Waals surface area contributed by atoms with Crippen LogP contribution in [0.25, 0.3) is 0 Å². The van der Waals surface area contributed by atoms with E-state index in [-0.39, 0.29) is 6.04 Å². The van der Waals surface area contributed by atoms with Gasteiger partial charge in [0.1, 0.15) is 5.75 Å². The minimum Gasteiger partial charge on any atom is -0.493 e. The number of aromatic nitrogens is 2. The lowest BCUT2D eigenvalue weighted by Gasteiger charge is -2.20. The minimum atomic E-state index is 0.0795. The van der Waals surface area contributed by atoms with Crippen LogP contribution in [0.4, 0.5) is 0 Å². The highest BCUT2D eigenvalue weighted by atomic mass is 16.5. The average Bonchev–Trinajstić information content (AvgIpc) is 2.88. The van der Waals surface area contributed by atoms with E-state index in [1.165, 1.54) is 0 Å². The van der Waals surface area contributed by atoms with E-state index in [4.69, 9.17) is 4.74 Å². The maximum Gasteiger partial charge on any atom is 0.124 e. The highest BCUT2D eigenvalue weighted by Crippen LogP contribution is 2.30. The first-order valence-corrected chi connectivity index (χ1v) is 7.63. The monoisotopic (exact) mass is 287 g/mol. The predicted molar refractivity (Wildman–Crippen MR) is 85.7 cm³/mol. The van der Waals surface area contributed by atoms with Crippen molar-refractivity contribution in [2.45, 2.75) is 32.7 Å². The van der Waals surface area contributed by atoms with Gasteiger partial charge in [-0.15, -0.1) is 0 Å². The number of para-hydroxylation sites is 1. The maximum absolute atomic E-state index is 5.89. The van der Waals surface area contributed by atoms with E-state index in [0.29, 0.717) is 0 Å². The van der Waals surface area contributed by atoms with Gasteiger partial charge >= 0.3 is 0 Å². The van der Waals surface area contributed by atoms with Crippen molar-refractivity contribution < 1.29 is 4.74 Å². The Labute approximate surface area is 127 Å². The molecule has 0 aliphatic rings. The molecule has 114 valence electrons. The zero-order valence-corrected chi connectivity index (χ0v) is 13.4. The van der Waals surface area contributed by atoms with Crippen molar-refractivity contribution in [1.82, 2.24) is 15.1 Å². The molecule has 1 atom stereocenters. The molecule has 1 unspecified atom stereocenters. The molecule has 0 saturated heterocycles. The summed E-state index contributed by atoms with van der Waals surface area (Å²) >= 11 is 0. The molecule has 0 saturated carbocycles. The molecule has 2 rings (SSSR count). The Hall–Kier alpha value is -1.81. The van der Waals surface area contributed by atoms with Crippen LogP contribution in [0.2, 0.25) is 0 Å². The van der Waals surface area contributed by atoms with Crippen molar-refractivity contribution >= 4 is 0 Å². The molecule has 4 heteroatoms. The van der Waals surface area contributed by atoms with Gasteiger partial charge in [0.2, 0.25) is 0 Å². The molecule has 0 bridgehead atoms. The summed E-state index contributed by atoms with van der Waals surface area (Å²) in [7, 11) is 3.97. The molecule has 0 spiro atoms. The molecule has 2 aromatic rings. The first-order valence-electron chi connectivity index (χ1n) is 7.63. The molecular formula is C17H25N3O. The Kier molecular flexibility index (Phi) is 5.39. The molecule has 21 heavy (non-hydrogen) atoms. The zero-order valence-electron chi connectivity index (χ0n) is 13.4. The molecule has 1 heterocycles. The van der Waals surface area contributed by atoms with E-state index in [9.17, 15) is 0 Å². The van der Waals surface area contributed by atoms with Crippen molar-refractivity contribution in [2.75, 3.05) is 13.7 Å². The van der Waals surface area contributed by atoms with E-state index in [1.807, 2.05) is 30.9 Å². The van der Waals surface area contributed by atoms with Crippen molar-refractivity contribution in [1.29, 1.82) is 0 Å². The summed E-state index contributed by atoms with van der Waals surface area (Å²) in [6, 6.07) is 10.5. The van der Waals surface area contributed by atoms with Crippen molar-refractivity contribution in [3.63, 3.8) is 0 Å². The fourth-order valence-corrected chi connectivity index (χ4v) is 2.51. The van der Waals surface area contributed by atoms with Gasteiger partial charge in [-0.3, -0.25) is 4.68 Å². The fraction of sp³-hybridized carbons (Fsp3) is 0.471. The zero-order chi connectivity index (χ0) is 15.2. The second-order valence-electron chi connectivity index (χ2n) is 5.15. The Morgan fingerprint density at radius 2 is 2.05 bits per heavy atom. The molecule has 1 aromatic heterocycles. The van der Waals surface area contributed by atoms with E-state index < -0.39 is 0 Å². The van der Waals surface area contributed by atoms with Crippen LogP contribution in [0.1, 0.15) is 43.3 Å². The van der Waals surface area contributed by atoms with Crippen molar-refractivity contribution in [3.05, 3.63) is 47.3 Å². The topological polar surface area (TPSA) is 39.1 Å². The number of benzene rings is 1. The molecule has 0 amide bonds. The van der Waals surface area contributed by atoms with Gasteiger partial charge in [-0.05, 0) is 32.0 Å². The van der Waals surface area contributed by atoms with Crippen LogP contribution in [0.5, 0.6) is 5.75 Å². The van der Waals surface area contributed by atoms with Gasteiger partial charge in [0, 0.05) is 12.6 Å². The van der Waals surface area contributed by atoms with Gasteiger partial charge in [-0.1, -0.05) is 32.0 Å². The number of nitrogens with one attached hydrogen (secondary N) is 1. The number of aryl methyl sites for hydroxylation is 2. The summed E-state index contributed by atoms with van der Waals surface area (Å²) in [6.07, 6.45) is 1.95. The van der Waals surface area contributed by atoms with E-state index in [1.54, 1.807) is 0 Å². The van der Waals surface area contributed by atoms with Crippen molar-refractivity contribution in [3.8, 4) is 5.75 Å². The lowest BCUT2D eigenvalue weighted by molar-refractivity contribution is 0.311. The summed E-state index contributed by atoms with van der Waals surface area (Å²) in [6.45, 7) is 4.98. The number of nitrogens with zero attached hydrogens (tertiary/aromatic N) is 2. The van der Waals surface area contributed by atoms with Gasteiger partial charge < -0.3 is 10.1 Å². The second-order valence-corrected chi connectivity index (χ2v) is 5.15. The average molecular weight is 287 g/mol. The Morgan fingerprint density at radius 3 is 2.67 bits per heavy atom. The highest BCUT2D eigenvalue weighted by molar-refractivity contribution is 5.40. The minimum absolute atomic E-state index is 0.0795. The molecule has 1 N–H and O–H groups in total. The third-order valence-corrected chi connectivity index (χ3v) is 3.60. The predicted octanol–water partition coefficient (Wildman–Crippen LogP) is 3.08. The molecule has 1 aromatic carbocycles. The van der Waals surface area contributed by atoms with Gasteiger partial charge in [0.25, 0.3) is 0 Å². The van der Waals surface area contributed by atoms with Crippen LogP contribution in [0.3, 0.4) is 0 Å². The molecule has 0 radical (unpaired) electrons. The first-order chi connectivity index (χ1) is 10.2. The summed E-state index contributed by atoms with van der Waals surface area (Å²) in [4.78, 5) is 0.